The molecule has 0 bridgehead atoms. The Balaban J connectivity index is 1.91. The first-order valence-corrected chi connectivity index (χ1v) is 7.06. The third-order valence-electron chi connectivity index (χ3n) is 3.39. The lowest BCUT2D eigenvalue weighted by Crippen LogP contribution is -2.21. The van der Waals surface area contributed by atoms with Gasteiger partial charge < -0.3 is 14.6 Å². The topological polar surface area (TPSA) is 39.1 Å². The van der Waals surface area contributed by atoms with E-state index in [-0.39, 0.29) is 0 Å². The molecule has 2 rings (SSSR count). The van der Waals surface area contributed by atoms with E-state index < -0.39 is 0 Å². The Morgan fingerprint density at radius 3 is 2.80 bits per heavy atom. The molecule has 0 radical (unpaired) electrons. The summed E-state index contributed by atoms with van der Waals surface area (Å²) in [5.74, 6) is 1.07. The summed E-state index contributed by atoms with van der Waals surface area (Å²) < 4.78 is 7.32. The number of nitrogens with one attached hydrogen (secondary N) is 1. The fraction of sp³-hybridized carbons (Fsp3) is 0.438. The zero-order chi connectivity index (χ0) is 14.2. The summed E-state index contributed by atoms with van der Waals surface area (Å²) in [6.45, 7) is 5.45. The Morgan fingerprint density at radius 2 is 2.05 bits per heavy atom. The molecule has 2 aromatic rings. The third-order valence-corrected chi connectivity index (χ3v) is 3.39. The molecule has 4 nitrogen and oxygen atoms in total. The van der Waals surface area contributed by atoms with Gasteiger partial charge in [0.25, 0.3) is 0 Å². The SMILES string of the molecule is COCCNCc1cnc(C)n1CCc1ccccc1. The molecule has 0 aliphatic rings. The highest BCUT2D eigenvalue weighted by atomic mass is 16.5. The van der Waals surface area contributed by atoms with E-state index in [1.54, 1.807) is 7.11 Å². The monoisotopic (exact) mass is 273 g/mol. The van der Waals surface area contributed by atoms with Gasteiger partial charge in [0.1, 0.15) is 5.82 Å². The number of aromatic nitrogens is 2. The average molecular weight is 273 g/mol. The second-order valence-corrected chi connectivity index (χ2v) is 4.85. The average Bonchev–Trinajstić information content (AvgIpc) is 2.83. The maximum atomic E-state index is 5.04. The van der Waals surface area contributed by atoms with Crippen molar-refractivity contribution < 1.29 is 4.74 Å². The van der Waals surface area contributed by atoms with Gasteiger partial charge in [-0.05, 0) is 18.9 Å². The fourth-order valence-corrected chi connectivity index (χ4v) is 2.24. The molecule has 0 amide bonds. The molecule has 1 aromatic heterocycles. The quantitative estimate of drug-likeness (QED) is 0.749. The van der Waals surface area contributed by atoms with Gasteiger partial charge >= 0.3 is 0 Å². The first-order valence-electron chi connectivity index (χ1n) is 7.06. The van der Waals surface area contributed by atoms with Crippen molar-refractivity contribution in [3.8, 4) is 0 Å². The number of aryl methyl sites for hydroxylation is 2. The van der Waals surface area contributed by atoms with Crippen molar-refractivity contribution in [2.75, 3.05) is 20.3 Å². The van der Waals surface area contributed by atoms with Gasteiger partial charge in [0.2, 0.25) is 0 Å². The maximum Gasteiger partial charge on any atom is 0.105 e. The van der Waals surface area contributed by atoms with Crippen LogP contribution in [0, 0.1) is 6.92 Å². The molecule has 4 heteroatoms. The van der Waals surface area contributed by atoms with E-state index in [1.165, 1.54) is 11.3 Å². The van der Waals surface area contributed by atoms with Crippen molar-refractivity contribution in [1.29, 1.82) is 0 Å². The normalized spacial score (nSPS) is 10.9. The predicted molar refractivity (Wildman–Crippen MR) is 80.7 cm³/mol. The molecule has 1 N–H and O–H groups in total. The molecule has 0 spiro atoms. The lowest BCUT2D eigenvalue weighted by Gasteiger charge is -2.11. The molecule has 1 aromatic carbocycles. The minimum Gasteiger partial charge on any atom is -0.383 e. The number of ether oxygens (including phenoxy) is 1. The minimum atomic E-state index is 0.733. The molecule has 0 aliphatic heterocycles. The molecule has 0 saturated heterocycles. The standard InChI is InChI=1S/C16H23N3O/c1-14-18-13-16(12-17-9-11-20-2)19(14)10-8-15-6-4-3-5-7-15/h3-7,13,17H,8-12H2,1-2H3. The van der Waals surface area contributed by atoms with Crippen LogP contribution in [0.15, 0.2) is 36.5 Å². The van der Waals surface area contributed by atoms with Gasteiger partial charge in [0.15, 0.2) is 0 Å². The summed E-state index contributed by atoms with van der Waals surface area (Å²) >= 11 is 0. The van der Waals surface area contributed by atoms with Crippen molar-refractivity contribution in [3.05, 3.63) is 53.6 Å². The molecule has 0 atom stereocenters. The maximum absolute atomic E-state index is 5.04. The highest BCUT2D eigenvalue weighted by Crippen LogP contribution is 2.08. The Morgan fingerprint density at radius 1 is 1.25 bits per heavy atom. The van der Waals surface area contributed by atoms with Gasteiger partial charge in [-0.25, -0.2) is 4.98 Å². The summed E-state index contributed by atoms with van der Waals surface area (Å²) in [5, 5.41) is 3.37. The molecule has 0 saturated carbocycles. The zero-order valence-electron chi connectivity index (χ0n) is 12.3. The van der Waals surface area contributed by atoms with Crippen molar-refractivity contribution in [1.82, 2.24) is 14.9 Å². The van der Waals surface area contributed by atoms with E-state index in [2.05, 4.69) is 52.1 Å². The molecule has 1 heterocycles. The Kier molecular flexibility index (Phi) is 5.77. The van der Waals surface area contributed by atoms with Crippen LogP contribution in [0.3, 0.4) is 0 Å². The largest absolute Gasteiger partial charge is 0.383 e. The highest BCUT2D eigenvalue weighted by molar-refractivity contribution is 5.15. The van der Waals surface area contributed by atoms with E-state index in [9.17, 15) is 0 Å². The Labute approximate surface area is 120 Å². The lowest BCUT2D eigenvalue weighted by molar-refractivity contribution is 0.199. The van der Waals surface area contributed by atoms with Crippen molar-refractivity contribution in [3.63, 3.8) is 0 Å². The minimum absolute atomic E-state index is 0.733. The van der Waals surface area contributed by atoms with Crippen LogP contribution in [0.4, 0.5) is 0 Å². The van der Waals surface area contributed by atoms with Crippen LogP contribution in [0.1, 0.15) is 17.1 Å². The predicted octanol–water partition coefficient (Wildman–Crippen LogP) is 2.17. The van der Waals surface area contributed by atoms with E-state index >= 15 is 0 Å². The van der Waals surface area contributed by atoms with Gasteiger partial charge in [-0.1, -0.05) is 30.3 Å². The molecular formula is C16H23N3O. The summed E-state index contributed by atoms with van der Waals surface area (Å²) in [6.07, 6.45) is 2.99. The summed E-state index contributed by atoms with van der Waals surface area (Å²) in [7, 11) is 1.72. The summed E-state index contributed by atoms with van der Waals surface area (Å²) in [6, 6.07) is 10.6. The number of rotatable bonds is 8. The van der Waals surface area contributed by atoms with Crippen LogP contribution in [0.5, 0.6) is 0 Å². The van der Waals surface area contributed by atoms with E-state index in [4.69, 9.17) is 4.74 Å². The molecule has 108 valence electrons. The summed E-state index contributed by atoms with van der Waals surface area (Å²) in [4.78, 5) is 4.42. The summed E-state index contributed by atoms with van der Waals surface area (Å²) in [5.41, 5.74) is 2.59. The van der Waals surface area contributed by atoms with Crippen molar-refractivity contribution >= 4 is 0 Å². The van der Waals surface area contributed by atoms with Crippen LogP contribution in [-0.2, 0) is 24.2 Å². The number of benzene rings is 1. The first-order chi connectivity index (χ1) is 9.81. The second-order valence-electron chi connectivity index (χ2n) is 4.85. The van der Waals surface area contributed by atoms with E-state index in [0.29, 0.717) is 0 Å². The van der Waals surface area contributed by atoms with E-state index in [1.807, 2.05) is 6.20 Å². The molecular weight excluding hydrogens is 250 g/mol. The van der Waals surface area contributed by atoms with Crippen LogP contribution in [-0.4, -0.2) is 29.8 Å². The van der Waals surface area contributed by atoms with Gasteiger partial charge in [-0.2, -0.15) is 0 Å². The smallest absolute Gasteiger partial charge is 0.105 e. The fourth-order valence-electron chi connectivity index (χ4n) is 2.24. The molecule has 0 fully saturated rings. The lowest BCUT2D eigenvalue weighted by atomic mass is 10.1. The van der Waals surface area contributed by atoms with Crippen molar-refractivity contribution in [2.24, 2.45) is 0 Å². The number of methoxy groups -OCH3 is 1. The Hall–Kier alpha value is -1.65. The first kappa shape index (κ1) is 14.8. The van der Waals surface area contributed by atoms with Gasteiger partial charge in [0.05, 0.1) is 12.3 Å². The molecule has 20 heavy (non-hydrogen) atoms. The van der Waals surface area contributed by atoms with Crippen molar-refractivity contribution in [2.45, 2.75) is 26.4 Å². The third kappa shape index (κ3) is 4.18. The van der Waals surface area contributed by atoms with Gasteiger partial charge in [0, 0.05) is 32.9 Å². The molecule has 0 unspecified atom stereocenters. The van der Waals surface area contributed by atoms with Crippen LogP contribution >= 0.6 is 0 Å². The highest BCUT2D eigenvalue weighted by Gasteiger charge is 2.06. The van der Waals surface area contributed by atoms with E-state index in [0.717, 1.165) is 38.5 Å². The second kappa shape index (κ2) is 7.82. The van der Waals surface area contributed by atoms with Gasteiger partial charge in [-0.15, -0.1) is 0 Å². The Bertz CT molecular complexity index is 508. The number of nitrogens with zero attached hydrogens (tertiary/aromatic N) is 2. The van der Waals surface area contributed by atoms with Gasteiger partial charge in [-0.3, -0.25) is 0 Å². The zero-order valence-corrected chi connectivity index (χ0v) is 12.3. The van der Waals surface area contributed by atoms with Crippen LogP contribution in [0.25, 0.3) is 0 Å². The van der Waals surface area contributed by atoms with Crippen LogP contribution in [0.2, 0.25) is 0 Å². The number of imidazole rings is 1. The molecule has 0 aliphatic carbocycles. The van der Waals surface area contributed by atoms with Crippen LogP contribution < -0.4 is 5.32 Å². The number of hydrogen-bond donors (Lipinski definition) is 1. The number of hydrogen-bond acceptors (Lipinski definition) is 3.